The third-order valence-electron chi connectivity index (χ3n) is 3.33. The zero-order chi connectivity index (χ0) is 12.9. The van der Waals surface area contributed by atoms with Crippen molar-refractivity contribution >= 4 is 11.6 Å². The topological polar surface area (TPSA) is 55.1 Å². The van der Waals surface area contributed by atoms with E-state index in [1.54, 1.807) is 12.1 Å². The number of rotatable bonds is 5. The van der Waals surface area contributed by atoms with Crippen molar-refractivity contribution in [2.45, 2.75) is 26.7 Å². The second-order valence-electron chi connectivity index (χ2n) is 4.15. The fourth-order valence-corrected chi connectivity index (χ4v) is 1.75. The van der Waals surface area contributed by atoms with Gasteiger partial charge in [0, 0.05) is 12.2 Å². The van der Waals surface area contributed by atoms with E-state index in [0.29, 0.717) is 25.1 Å². The molecular formula is C13H19FN2O. The number of halogens is 1. The van der Waals surface area contributed by atoms with Crippen LogP contribution in [-0.2, 0) is 4.79 Å². The highest BCUT2D eigenvalue weighted by molar-refractivity contribution is 5.95. The van der Waals surface area contributed by atoms with Gasteiger partial charge < -0.3 is 11.1 Å². The lowest BCUT2D eigenvalue weighted by Gasteiger charge is -2.28. The quantitative estimate of drug-likeness (QED) is 0.828. The number of anilines is 1. The minimum Gasteiger partial charge on any atom is -0.329 e. The third kappa shape index (κ3) is 3.03. The fourth-order valence-electron chi connectivity index (χ4n) is 1.75. The molecule has 0 aliphatic carbocycles. The zero-order valence-corrected chi connectivity index (χ0v) is 10.3. The molecule has 0 fully saturated rings. The van der Waals surface area contributed by atoms with Gasteiger partial charge in [0.2, 0.25) is 5.91 Å². The van der Waals surface area contributed by atoms with Crippen LogP contribution in [0.5, 0.6) is 0 Å². The molecule has 17 heavy (non-hydrogen) atoms. The normalized spacial score (nSPS) is 11.3. The predicted octanol–water partition coefficient (Wildman–Crippen LogP) is 2.53. The summed E-state index contributed by atoms with van der Waals surface area (Å²) in [5, 5.41) is 2.78. The van der Waals surface area contributed by atoms with Gasteiger partial charge in [0.05, 0.1) is 5.41 Å². The highest BCUT2D eigenvalue weighted by atomic mass is 19.1. The number of carbonyl (C=O) groups is 1. The average molecular weight is 238 g/mol. The van der Waals surface area contributed by atoms with Crippen molar-refractivity contribution in [2.24, 2.45) is 11.1 Å². The largest absolute Gasteiger partial charge is 0.329 e. The Morgan fingerprint density at radius 2 is 1.82 bits per heavy atom. The Balaban J connectivity index is 2.80. The van der Waals surface area contributed by atoms with Gasteiger partial charge in [-0.1, -0.05) is 13.8 Å². The maximum atomic E-state index is 12.7. The minimum atomic E-state index is -0.533. The Morgan fingerprint density at radius 1 is 1.29 bits per heavy atom. The monoisotopic (exact) mass is 238 g/mol. The number of nitrogens with two attached hydrogens (primary N) is 1. The van der Waals surface area contributed by atoms with Crippen molar-refractivity contribution < 1.29 is 9.18 Å². The molecular weight excluding hydrogens is 219 g/mol. The summed E-state index contributed by atoms with van der Waals surface area (Å²) in [6.45, 7) is 4.20. The van der Waals surface area contributed by atoms with E-state index in [4.69, 9.17) is 5.73 Å². The number of carbonyl (C=O) groups excluding carboxylic acids is 1. The second kappa shape index (κ2) is 5.77. The molecule has 0 spiro atoms. The van der Waals surface area contributed by atoms with E-state index in [2.05, 4.69) is 5.32 Å². The standard InChI is InChI=1S/C13H19FN2O/c1-3-13(4-2,9-15)12(17)16-11-7-5-10(14)6-8-11/h5-8H,3-4,9,15H2,1-2H3,(H,16,17). The molecule has 0 unspecified atom stereocenters. The molecule has 0 bridgehead atoms. The van der Waals surface area contributed by atoms with E-state index in [1.807, 2.05) is 13.8 Å². The zero-order valence-electron chi connectivity index (χ0n) is 10.3. The second-order valence-corrected chi connectivity index (χ2v) is 4.15. The lowest BCUT2D eigenvalue weighted by atomic mass is 9.81. The van der Waals surface area contributed by atoms with E-state index in [9.17, 15) is 9.18 Å². The number of amides is 1. The summed E-state index contributed by atoms with van der Waals surface area (Å²) in [4.78, 5) is 12.1. The first-order valence-electron chi connectivity index (χ1n) is 5.85. The van der Waals surface area contributed by atoms with Gasteiger partial charge in [-0.15, -0.1) is 0 Å². The highest BCUT2D eigenvalue weighted by Gasteiger charge is 2.33. The fraction of sp³-hybridized carbons (Fsp3) is 0.462. The molecule has 0 heterocycles. The Labute approximate surface area is 101 Å². The van der Waals surface area contributed by atoms with Crippen molar-refractivity contribution in [3.05, 3.63) is 30.1 Å². The Hall–Kier alpha value is -1.42. The van der Waals surface area contributed by atoms with Gasteiger partial charge >= 0.3 is 0 Å². The maximum Gasteiger partial charge on any atom is 0.231 e. The third-order valence-corrected chi connectivity index (χ3v) is 3.33. The molecule has 1 amide bonds. The van der Waals surface area contributed by atoms with Crippen LogP contribution in [0.1, 0.15) is 26.7 Å². The van der Waals surface area contributed by atoms with Crippen LogP contribution in [0.4, 0.5) is 10.1 Å². The molecule has 3 nitrogen and oxygen atoms in total. The number of benzene rings is 1. The van der Waals surface area contributed by atoms with Crippen molar-refractivity contribution in [1.29, 1.82) is 0 Å². The highest BCUT2D eigenvalue weighted by Crippen LogP contribution is 2.26. The lowest BCUT2D eigenvalue weighted by Crippen LogP contribution is -2.41. The summed E-state index contributed by atoms with van der Waals surface area (Å²) in [6.07, 6.45) is 1.38. The number of hydrogen-bond donors (Lipinski definition) is 2. The predicted molar refractivity (Wildman–Crippen MR) is 67.1 cm³/mol. The summed E-state index contributed by atoms with van der Waals surface area (Å²) >= 11 is 0. The molecule has 0 radical (unpaired) electrons. The smallest absolute Gasteiger partial charge is 0.231 e. The molecule has 94 valence electrons. The van der Waals surface area contributed by atoms with E-state index < -0.39 is 5.41 Å². The van der Waals surface area contributed by atoms with Crippen LogP contribution in [0.15, 0.2) is 24.3 Å². The average Bonchev–Trinajstić information content (AvgIpc) is 2.35. The first-order chi connectivity index (χ1) is 8.07. The van der Waals surface area contributed by atoms with Crippen LogP contribution in [0.25, 0.3) is 0 Å². The van der Waals surface area contributed by atoms with Crippen LogP contribution in [0, 0.1) is 11.2 Å². The van der Waals surface area contributed by atoms with Gasteiger partial charge in [0.1, 0.15) is 5.82 Å². The van der Waals surface area contributed by atoms with Crippen molar-refractivity contribution in [2.75, 3.05) is 11.9 Å². The van der Waals surface area contributed by atoms with Crippen LogP contribution in [0.3, 0.4) is 0 Å². The van der Waals surface area contributed by atoms with E-state index >= 15 is 0 Å². The van der Waals surface area contributed by atoms with E-state index in [0.717, 1.165) is 0 Å². The number of hydrogen-bond acceptors (Lipinski definition) is 2. The molecule has 3 N–H and O–H groups in total. The molecule has 1 aromatic rings. The van der Waals surface area contributed by atoms with Gasteiger partial charge in [-0.25, -0.2) is 4.39 Å². The first kappa shape index (κ1) is 13.6. The van der Waals surface area contributed by atoms with Crippen molar-refractivity contribution in [1.82, 2.24) is 0 Å². The van der Waals surface area contributed by atoms with E-state index in [1.165, 1.54) is 12.1 Å². The molecule has 0 atom stereocenters. The summed E-state index contributed by atoms with van der Waals surface area (Å²) in [5.41, 5.74) is 5.75. The van der Waals surface area contributed by atoms with Crippen LogP contribution < -0.4 is 11.1 Å². The van der Waals surface area contributed by atoms with Gasteiger partial charge in [0.15, 0.2) is 0 Å². The molecule has 0 aromatic heterocycles. The summed E-state index contributed by atoms with van der Waals surface area (Å²) < 4.78 is 12.7. The van der Waals surface area contributed by atoms with Crippen molar-refractivity contribution in [3.63, 3.8) is 0 Å². The van der Waals surface area contributed by atoms with Gasteiger partial charge in [-0.3, -0.25) is 4.79 Å². The molecule has 4 heteroatoms. The Kier molecular flexibility index (Phi) is 4.63. The van der Waals surface area contributed by atoms with Gasteiger partial charge in [-0.2, -0.15) is 0 Å². The summed E-state index contributed by atoms with van der Waals surface area (Å²) in [6, 6.07) is 5.72. The maximum absolute atomic E-state index is 12.7. The number of nitrogens with one attached hydrogen (secondary N) is 1. The summed E-state index contributed by atoms with van der Waals surface area (Å²) in [5.74, 6) is -0.421. The van der Waals surface area contributed by atoms with Gasteiger partial charge in [0.25, 0.3) is 0 Å². The van der Waals surface area contributed by atoms with Gasteiger partial charge in [-0.05, 0) is 37.1 Å². The molecule has 0 saturated heterocycles. The lowest BCUT2D eigenvalue weighted by molar-refractivity contribution is -0.125. The summed E-state index contributed by atoms with van der Waals surface area (Å²) in [7, 11) is 0. The van der Waals surface area contributed by atoms with E-state index in [-0.39, 0.29) is 11.7 Å². The molecule has 0 aliphatic rings. The molecule has 1 rings (SSSR count). The first-order valence-corrected chi connectivity index (χ1v) is 5.85. The van der Waals surface area contributed by atoms with Crippen LogP contribution >= 0.6 is 0 Å². The van der Waals surface area contributed by atoms with Crippen LogP contribution in [-0.4, -0.2) is 12.5 Å². The SMILES string of the molecule is CCC(CC)(CN)C(=O)Nc1ccc(F)cc1. The Bertz CT molecular complexity index is 363. The van der Waals surface area contributed by atoms with Crippen LogP contribution in [0.2, 0.25) is 0 Å². The molecule has 0 aliphatic heterocycles. The molecule has 1 aromatic carbocycles. The Morgan fingerprint density at radius 3 is 2.24 bits per heavy atom. The molecule has 0 saturated carbocycles. The van der Waals surface area contributed by atoms with Crippen molar-refractivity contribution in [3.8, 4) is 0 Å². The minimum absolute atomic E-state index is 0.100.